The number of hydrogen-bond acceptors (Lipinski definition) is 6. The molecular formula is C21H40IN7O2. The SMILES string of the molecule is CCNC(=NCC(CC(C)C)N1CCOCC1)NC1CCc2nc(COC)nn2C1.I. The highest BCUT2D eigenvalue weighted by Gasteiger charge is 2.24. The Balaban J connectivity index is 0.00000341. The first-order chi connectivity index (χ1) is 14.6. The maximum absolute atomic E-state index is 5.54. The Morgan fingerprint density at radius 2 is 2.10 bits per heavy atom. The molecule has 0 saturated carbocycles. The van der Waals surface area contributed by atoms with Gasteiger partial charge in [-0.3, -0.25) is 9.89 Å². The molecule has 3 rings (SSSR count). The van der Waals surface area contributed by atoms with Crippen molar-refractivity contribution in [2.24, 2.45) is 10.9 Å². The van der Waals surface area contributed by atoms with Crippen LogP contribution < -0.4 is 10.6 Å². The quantitative estimate of drug-likeness (QED) is 0.275. The minimum absolute atomic E-state index is 0. The number of aliphatic imine (C=N–C) groups is 1. The molecule has 0 amide bonds. The predicted molar refractivity (Wildman–Crippen MR) is 133 cm³/mol. The molecule has 0 radical (unpaired) electrons. The molecule has 2 atom stereocenters. The van der Waals surface area contributed by atoms with Crippen molar-refractivity contribution in [1.82, 2.24) is 30.3 Å². The van der Waals surface area contributed by atoms with Crippen molar-refractivity contribution in [2.75, 3.05) is 46.5 Å². The van der Waals surface area contributed by atoms with Gasteiger partial charge in [-0.2, -0.15) is 5.10 Å². The van der Waals surface area contributed by atoms with Crippen LogP contribution in [0.4, 0.5) is 0 Å². The molecule has 10 heteroatoms. The number of halogens is 1. The van der Waals surface area contributed by atoms with E-state index in [1.54, 1.807) is 7.11 Å². The number of methoxy groups -OCH3 is 1. The van der Waals surface area contributed by atoms with Crippen molar-refractivity contribution in [3.63, 3.8) is 0 Å². The van der Waals surface area contributed by atoms with Gasteiger partial charge in [0, 0.05) is 45.2 Å². The van der Waals surface area contributed by atoms with Crippen molar-refractivity contribution in [2.45, 2.75) is 65.3 Å². The second-order valence-electron chi connectivity index (χ2n) is 8.59. The Hall–Kier alpha value is -0.980. The third kappa shape index (κ3) is 8.14. The van der Waals surface area contributed by atoms with E-state index in [2.05, 4.69) is 46.4 Å². The number of morpholine rings is 1. The number of rotatable bonds is 9. The summed E-state index contributed by atoms with van der Waals surface area (Å²) in [6.45, 7) is 13.2. The molecule has 0 aliphatic carbocycles. The zero-order valence-corrected chi connectivity index (χ0v) is 21.8. The lowest BCUT2D eigenvalue weighted by atomic mass is 10.0. The molecule has 3 heterocycles. The fourth-order valence-corrected chi connectivity index (χ4v) is 4.20. The molecule has 178 valence electrons. The summed E-state index contributed by atoms with van der Waals surface area (Å²) in [6, 6.07) is 0.744. The molecule has 1 aromatic heterocycles. The topological polar surface area (TPSA) is 88.8 Å². The van der Waals surface area contributed by atoms with Crippen molar-refractivity contribution >= 4 is 29.9 Å². The third-order valence-corrected chi connectivity index (χ3v) is 5.63. The van der Waals surface area contributed by atoms with E-state index in [1.165, 1.54) is 0 Å². The van der Waals surface area contributed by atoms with Crippen LogP contribution in [0, 0.1) is 5.92 Å². The van der Waals surface area contributed by atoms with Gasteiger partial charge in [-0.05, 0) is 25.7 Å². The van der Waals surface area contributed by atoms with Crippen molar-refractivity contribution in [3.05, 3.63) is 11.6 Å². The summed E-state index contributed by atoms with van der Waals surface area (Å²) >= 11 is 0. The third-order valence-electron chi connectivity index (χ3n) is 5.63. The van der Waals surface area contributed by atoms with E-state index < -0.39 is 0 Å². The molecule has 1 saturated heterocycles. The molecule has 2 aliphatic rings. The largest absolute Gasteiger partial charge is 0.379 e. The molecule has 1 fully saturated rings. The number of guanidine groups is 1. The van der Waals surface area contributed by atoms with Crippen LogP contribution in [0.2, 0.25) is 0 Å². The smallest absolute Gasteiger partial charge is 0.191 e. The van der Waals surface area contributed by atoms with Crippen molar-refractivity contribution < 1.29 is 9.47 Å². The maximum Gasteiger partial charge on any atom is 0.191 e. The summed E-state index contributed by atoms with van der Waals surface area (Å²) in [6.07, 6.45) is 3.09. The molecule has 2 aliphatic heterocycles. The summed E-state index contributed by atoms with van der Waals surface area (Å²) in [7, 11) is 1.67. The Bertz CT molecular complexity index is 677. The van der Waals surface area contributed by atoms with Crippen LogP contribution in [0.3, 0.4) is 0 Å². The first kappa shape index (κ1) is 26.3. The van der Waals surface area contributed by atoms with E-state index in [1.807, 2.05) is 4.68 Å². The van der Waals surface area contributed by atoms with Crippen LogP contribution in [-0.2, 0) is 29.0 Å². The van der Waals surface area contributed by atoms with E-state index in [0.29, 0.717) is 24.6 Å². The van der Waals surface area contributed by atoms with E-state index in [-0.39, 0.29) is 24.0 Å². The van der Waals surface area contributed by atoms with E-state index in [4.69, 9.17) is 14.5 Å². The van der Waals surface area contributed by atoms with Crippen LogP contribution >= 0.6 is 24.0 Å². The van der Waals surface area contributed by atoms with Gasteiger partial charge in [0.1, 0.15) is 12.4 Å². The van der Waals surface area contributed by atoms with E-state index in [0.717, 1.165) is 82.8 Å². The maximum atomic E-state index is 5.54. The fourth-order valence-electron chi connectivity index (χ4n) is 4.20. The number of aromatic nitrogens is 3. The zero-order valence-electron chi connectivity index (χ0n) is 19.5. The highest BCUT2D eigenvalue weighted by atomic mass is 127. The Kier molecular flexibility index (Phi) is 11.5. The van der Waals surface area contributed by atoms with Gasteiger partial charge >= 0.3 is 0 Å². The molecule has 2 N–H and O–H groups in total. The summed E-state index contributed by atoms with van der Waals surface area (Å²) in [5.41, 5.74) is 0. The molecule has 31 heavy (non-hydrogen) atoms. The first-order valence-corrected chi connectivity index (χ1v) is 11.4. The number of aryl methyl sites for hydroxylation is 1. The average molecular weight is 550 g/mol. The predicted octanol–water partition coefficient (Wildman–Crippen LogP) is 1.66. The molecule has 0 spiro atoms. The minimum atomic E-state index is 0. The second-order valence-corrected chi connectivity index (χ2v) is 8.59. The number of ether oxygens (including phenoxy) is 2. The van der Waals surface area contributed by atoms with Crippen LogP contribution in [-0.4, -0.2) is 84.2 Å². The van der Waals surface area contributed by atoms with Gasteiger partial charge in [-0.25, -0.2) is 9.67 Å². The summed E-state index contributed by atoms with van der Waals surface area (Å²) in [5, 5.41) is 11.6. The van der Waals surface area contributed by atoms with Crippen LogP contribution in [0.15, 0.2) is 4.99 Å². The minimum Gasteiger partial charge on any atom is -0.379 e. The lowest BCUT2D eigenvalue weighted by molar-refractivity contribution is 0.0143. The summed E-state index contributed by atoms with van der Waals surface area (Å²) in [4.78, 5) is 12.1. The fraction of sp³-hybridized carbons (Fsp3) is 0.857. The first-order valence-electron chi connectivity index (χ1n) is 11.4. The Morgan fingerprint density at radius 1 is 1.32 bits per heavy atom. The molecule has 0 aromatic carbocycles. The normalized spacial score (nSPS) is 20.8. The van der Waals surface area contributed by atoms with Crippen molar-refractivity contribution in [1.29, 1.82) is 0 Å². The Morgan fingerprint density at radius 3 is 2.77 bits per heavy atom. The molecule has 1 aromatic rings. The van der Waals surface area contributed by atoms with Crippen molar-refractivity contribution in [3.8, 4) is 0 Å². The van der Waals surface area contributed by atoms with Gasteiger partial charge < -0.3 is 20.1 Å². The zero-order chi connectivity index (χ0) is 21.3. The number of nitrogens with one attached hydrogen (secondary N) is 2. The highest BCUT2D eigenvalue weighted by molar-refractivity contribution is 14.0. The van der Waals surface area contributed by atoms with Gasteiger partial charge in [0.05, 0.1) is 26.3 Å². The summed E-state index contributed by atoms with van der Waals surface area (Å²) < 4.78 is 12.7. The van der Waals surface area contributed by atoms with E-state index in [9.17, 15) is 0 Å². The van der Waals surface area contributed by atoms with Gasteiger partial charge in [0.25, 0.3) is 0 Å². The van der Waals surface area contributed by atoms with Gasteiger partial charge in [0.15, 0.2) is 11.8 Å². The lowest BCUT2D eigenvalue weighted by Crippen LogP contribution is -2.49. The lowest BCUT2D eigenvalue weighted by Gasteiger charge is -2.35. The summed E-state index contributed by atoms with van der Waals surface area (Å²) in [5.74, 6) is 3.35. The van der Waals surface area contributed by atoms with E-state index >= 15 is 0 Å². The monoisotopic (exact) mass is 549 g/mol. The molecular weight excluding hydrogens is 509 g/mol. The molecule has 0 bridgehead atoms. The molecule has 9 nitrogen and oxygen atoms in total. The van der Waals surface area contributed by atoms with Gasteiger partial charge in [-0.1, -0.05) is 13.8 Å². The number of fused-ring (bicyclic) bond motifs is 1. The van der Waals surface area contributed by atoms with Gasteiger partial charge in [0.2, 0.25) is 0 Å². The highest BCUT2D eigenvalue weighted by Crippen LogP contribution is 2.15. The van der Waals surface area contributed by atoms with Gasteiger partial charge in [-0.15, -0.1) is 24.0 Å². The Labute approximate surface area is 203 Å². The molecule has 2 unspecified atom stereocenters. The van der Waals surface area contributed by atoms with Crippen LogP contribution in [0.1, 0.15) is 45.3 Å². The standard InChI is InChI=1S/C21H39N7O2.HI/c1-5-22-21(23-13-18(12-16(2)3)27-8-10-30-11-9-27)24-17-6-7-20-25-19(15-29-4)26-28(20)14-17;/h16-18H,5-15H2,1-4H3,(H2,22,23,24);1H. The second kappa shape index (κ2) is 13.5. The average Bonchev–Trinajstić information content (AvgIpc) is 3.13. The number of hydrogen-bond donors (Lipinski definition) is 2. The number of nitrogens with zero attached hydrogens (tertiary/aromatic N) is 5. The van der Waals surface area contributed by atoms with Crippen LogP contribution in [0.25, 0.3) is 0 Å². The van der Waals surface area contributed by atoms with Crippen LogP contribution in [0.5, 0.6) is 0 Å².